The van der Waals surface area contributed by atoms with Crippen LogP contribution >= 0.6 is 0 Å². The predicted octanol–water partition coefficient (Wildman–Crippen LogP) is 0.787. The molecule has 6 N–H and O–H groups in total. The summed E-state index contributed by atoms with van der Waals surface area (Å²) in [5, 5.41) is 49.4. The number of carboxylic acid groups (broad SMARTS) is 4. The molecule has 0 radical (unpaired) electrons. The minimum atomic E-state index is -1.06. The van der Waals surface area contributed by atoms with Crippen molar-refractivity contribution < 1.29 is 54.6 Å². The van der Waals surface area contributed by atoms with E-state index in [0.717, 1.165) is 0 Å². The van der Waals surface area contributed by atoms with Gasteiger partial charge in [0, 0.05) is 12.8 Å². The smallest absolute Gasteiger partial charge is 0.335 e. The number of rotatable bonds is 11. The number of ether oxygens (including phenoxy) is 1. The molecule has 1 aromatic carbocycles. The van der Waals surface area contributed by atoms with Crippen molar-refractivity contribution in [1.29, 1.82) is 0 Å². The minimum Gasteiger partial charge on any atom is -0.481 e. The van der Waals surface area contributed by atoms with E-state index in [4.69, 9.17) is 30.6 Å². The average Bonchev–Trinajstić information content (AvgIpc) is 2.66. The van der Waals surface area contributed by atoms with Crippen LogP contribution in [0.2, 0.25) is 0 Å². The highest BCUT2D eigenvalue weighted by Gasteiger charge is 2.04. The number of aliphatic hydroxyl groups excluding tert-OH is 2. The molecule has 0 atom stereocenters. The summed E-state index contributed by atoms with van der Waals surface area (Å²) in [5.74, 6) is -3.87. The first-order valence-electron chi connectivity index (χ1n) is 8.45. The molecule has 0 aliphatic carbocycles. The van der Waals surface area contributed by atoms with Crippen molar-refractivity contribution in [2.45, 2.75) is 25.7 Å². The van der Waals surface area contributed by atoms with Gasteiger partial charge in [-0.05, 0) is 37.1 Å². The third-order valence-corrected chi connectivity index (χ3v) is 2.88. The number of aliphatic carboxylic acids is 2. The maximum atomic E-state index is 10.3. The van der Waals surface area contributed by atoms with Crippen LogP contribution in [0.3, 0.4) is 0 Å². The minimum absolute atomic E-state index is 0.0278. The van der Waals surface area contributed by atoms with E-state index in [1.54, 1.807) is 0 Å². The Morgan fingerprint density at radius 1 is 0.655 bits per heavy atom. The van der Waals surface area contributed by atoms with Crippen molar-refractivity contribution in [1.82, 2.24) is 0 Å². The highest BCUT2D eigenvalue weighted by molar-refractivity contribution is 5.91. The molecule has 0 heterocycles. The van der Waals surface area contributed by atoms with Gasteiger partial charge < -0.3 is 35.4 Å². The number of unbranched alkanes of at least 4 members (excludes halogenated alkanes) is 1. The number of benzene rings is 1. The maximum absolute atomic E-state index is 10.3. The van der Waals surface area contributed by atoms with Crippen LogP contribution in [-0.2, 0) is 14.3 Å². The van der Waals surface area contributed by atoms with Crippen molar-refractivity contribution in [3.8, 4) is 0 Å². The summed E-state index contributed by atoms with van der Waals surface area (Å²) in [6, 6.07) is 5.02. The monoisotopic (exact) mass is 418 g/mol. The Bertz CT molecular complexity index is 558. The standard InChI is InChI=1S/C8H6O4.C6H10O4.C4H10O3/c9-7(10)5-1-2-6(4-3-5)8(11)12;7-5(8)3-1-2-4-6(9)10;5-1-3-7-4-2-6/h1-4H,(H,9,10)(H,11,12);1-4H2,(H,7,8)(H,9,10);5-6H,1-4H2. The van der Waals surface area contributed by atoms with Gasteiger partial charge in [-0.15, -0.1) is 0 Å². The van der Waals surface area contributed by atoms with Crippen LogP contribution in [0.4, 0.5) is 0 Å². The summed E-state index contributed by atoms with van der Waals surface area (Å²) in [6.45, 7) is 0.696. The van der Waals surface area contributed by atoms with Crippen LogP contribution in [0.5, 0.6) is 0 Å². The number of aromatic carboxylic acids is 2. The molecular weight excluding hydrogens is 392 g/mol. The summed E-state index contributed by atoms with van der Waals surface area (Å²) in [7, 11) is 0. The fourth-order valence-corrected chi connectivity index (χ4v) is 1.54. The second kappa shape index (κ2) is 18.3. The van der Waals surface area contributed by atoms with Crippen LogP contribution in [0.25, 0.3) is 0 Å². The molecule has 0 aliphatic rings. The molecule has 0 aliphatic heterocycles. The third kappa shape index (κ3) is 19.5. The molecule has 0 saturated carbocycles. The maximum Gasteiger partial charge on any atom is 0.335 e. The molecule has 0 spiro atoms. The molecule has 29 heavy (non-hydrogen) atoms. The van der Waals surface area contributed by atoms with Crippen molar-refractivity contribution in [3.63, 3.8) is 0 Å². The summed E-state index contributed by atoms with van der Waals surface area (Å²) in [4.78, 5) is 40.5. The van der Waals surface area contributed by atoms with Crippen LogP contribution in [0, 0.1) is 0 Å². The molecule has 0 bridgehead atoms. The van der Waals surface area contributed by atoms with E-state index in [9.17, 15) is 19.2 Å². The average molecular weight is 418 g/mol. The zero-order chi connectivity index (χ0) is 22.7. The highest BCUT2D eigenvalue weighted by atomic mass is 16.5. The van der Waals surface area contributed by atoms with E-state index in [1.165, 1.54) is 24.3 Å². The Balaban J connectivity index is 0. The SMILES string of the molecule is O=C(O)CCCCC(=O)O.O=C(O)c1ccc(C(=O)O)cc1.OCCOCCO. The topological polar surface area (TPSA) is 199 Å². The van der Waals surface area contributed by atoms with Crippen LogP contribution in [0.15, 0.2) is 24.3 Å². The van der Waals surface area contributed by atoms with Crippen molar-refractivity contribution >= 4 is 23.9 Å². The zero-order valence-corrected chi connectivity index (χ0v) is 15.7. The summed E-state index contributed by atoms with van der Waals surface area (Å²) in [6.07, 6.45) is 1.02. The number of carboxylic acids is 4. The van der Waals surface area contributed by atoms with Gasteiger partial charge in [-0.25, -0.2) is 9.59 Å². The third-order valence-electron chi connectivity index (χ3n) is 2.88. The van der Waals surface area contributed by atoms with E-state index in [-0.39, 0.29) is 37.2 Å². The lowest BCUT2D eigenvalue weighted by molar-refractivity contribution is -0.139. The molecule has 1 aromatic rings. The van der Waals surface area contributed by atoms with Crippen LogP contribution in [0.1, 0.15) is 46.4 Å². The second-order valence-electron chi connectivity index (χ2n) is 5.24. The second-order valence-corrected chi connectivity index (χ2v) is 5.24. The number of hydrogen-bond donors (Lipinski definition) is 6. The first-order chi connectivity index (χ1) is 13.6. The van der Waals surface area contributed by atoms with Gasteiger partial charge in [0.05, 0.1) is 37.6 Å². The van der Waals surface area contributed by atoms with E-state index in [0.29, 0.717) is 26.1 Å². The number of hydrogen-bond acceptors (Lipinski definition) is 7. The lowest BCUT2D eigenvalue weighted by Gasteiger charge is -1.94. The lowest BCUT2D eigenvalue weighted by atomic mass is 10.1. The van der Waals surface area contributed by atoms with E-state index in [2.05, 4.69) is 4.74 Å². The Kier molecular flexibility index (Phi) is 17.8. The van der Waals surface area contributed by atoms with Gasteiger partial charge >= 0.3 is 23.9 Å². The van der Waals surface area contributed by atoms with Crippen molar-refractivity contribution in [2.24, 2.45) is 0 Å². The Hall–Kier alpha value is -3.02. The largest absolute Gasteiger partial charge is 0.481 e. The molecule has 11 nitrogen and oxygen atoms in total. The highest BCUT2D eigenvalue weighted by Crippen LogP contribution is 2.03. The molecule has 0 saturated heterocycles. The van der Waals surface area contributed by atoms with Crippen molar-refractivity contribution in [3.05, 3.63) is 35.4 Å². The molecule has 0 aromatic heterocycles. The van der Waals surface area contributed by atoms with Gasteiger partial charge in [0.15, 0.2) is 0 Å². The van der Waals surface area contributed by atoms with E-state index < -0.39 is 23.9 Å². The fraction of sp³-hybridized carbons (Fsp3) is 0.444. The van der Waals surface area contributed by atoms with Crippen molar-refractivity contribution in [2.75, 3.05) is 26.4 Å². The summed E-state index contributed by atoms with van der Waals surface area (Å²) in [5.41, 5.74) is 0.167. The van der Waals surface area contributed by atoms with Gasteiger partial charge in [0.25, 0.3) is 0 Å². The van der Waals surface area contributed by atoms with Gasteiger partial charge in [-0.2, -0.15) is 0 Å². The normalized spacial score (nSPS) is 9.31. The molecule has 11 heteroatoms. The molecule has 0 fully saturated rings. The zero-order valence-electron chi connectivity index (χ0n) is 15.7. The summed E-state index contributed by atoms with van der Waals surface area (Å²) >= 11 is 0. The van der Waals surface area contributed by atoms with E-state index in [1.807, 2.05) is 0 Å². The molecule has 0 unspecified atom stereocenters. The van der Waals surface area contributed by atoms with Crippen LogP contribution < -0.4 is 0 Å². The van der Waals surface area contributed by atoms with Gasteiger partial charge in [-0.1, -0.05) is 0 Å². The van der Waals surface area contributed by atoms with Gasteiger partial charge in [-0.3, -0.25) is 9.59 Å². The fourth-order valence-electron chi connectivity index (χ4n) is 1.54. The Morgan fingerprint density at radius 2 is 0.966 bits per heavy atom. The van der Waals surface area contributed by atoms with E-state index >= 15 is 0 Å². The molecule has 164 valence electrons. The quantitative estimate of drug-likeness (QED) is 0.278. The van der Waals surface area contributed by atoms with Crippen LogP contribution in [-0.4, -0.2) is 80.9 Å². The first kappa shape index (κ1) is 28.2. The molecule has 0 amide bonds. The molecule has 1 rings (SSSR count). The van der Waals surface area contributed by atoms with Gasteiger partial charge in [0.1, 0.15) is 0 Å². The Labute approximate surface area is 166 Å². The first-order valence-corrected chi connectivity index (χ1v) is 8.45. The summed E-state index contributed by atoms with van der Waals surface area (Å²) < 4.78 is 4.63. The molecular formula is C18H26O11. The Morgan fingerprint density at radius 3 is 1.17 bits per heavy atom. The predicted molar refractivity (Wildman–Crippen MR) is 99.1 cm³/mol. The number of aliphatic hydroxyl groups is 2. The lowest BCUT2D eigenvalue weighted by Crippen LogP contribution is -2.03. The number of carbonyl (C=O) groups is 4. The van der Waals surface area contributed by atoms with Gasteiger partial charge in [0.2, 0.25) is 0 Å².